The van der Waals surface area contributed by atoms with Crippen molar-refractivity contribution in [2.75, 3.05) is 14.2 Å². The summed E-state index contributed by atoms with van der Waals surface area (Å²) >= 11 is 0. The van der Waals surface area contributed by atoms with Gasteiger partial charge in [0.1, 0.15) is 5.75 Å². The minimum absolute atomic E-state index is 0. The highest BCUT2D eigenvalue weighted by Crippen LogP contribution is 2.33. The van der Waals surface area contributed by atoms with Crippen molar-refractivity contribution >= 4 is 17.7 Å². The van der Waals surface area contributed by atoms with Crippen LogP contribution in [0, 0.1) is 13.8 Å². The zero-order chi connectivity index (χ0) is 17.6. The summed E-state index contributed by atoms with van der Waals surface area (Å²) < 4.78 is 5.48. The molecule has 0 aliphatic heterocycles. The average Bonchev–Trinajstić information content (AvgIpc) is 2.46. The van der Waals surface area contributed by atoms with Crippen molar-refractivity contribution < 1.29 is 9.44 Å². The molecule has 0 aliphatic carbocycles. The van der Waals surface area contributed by atoms with Gasteiger partial charge in [0.15, 0.2) is 0 Å². The van der Waals surface area contributed by atoms with Crippen LogP contribution in [-0.4, -0.2) is 26.2 Å². The Balaban J connectivity index is 0.00000529. The minimum atomic E-state index is 0. The lowest BCUT2D eigenvalue weighted by molar-refractivity contribution is 0.411. The van der Waals surface area contributed by atoms with Gasteiger partial charge in [0.25, 0.3) is 0 Å². The molecule has 0 bridgehead atoms. The van der Waals surface area contributed by atoms with E-state index in [-0.39, 0.29) is 4.70 Å². The summed E-state index contributed by atoms with van der Waals surface area (Å²) in [5, 5.41) is 3.21. The molecule has 1 N–H and O–H groups in total. The van der Waals surface area contributed by atoms with Gasteiger partial charge in [-0.1, -0.05) is 12.6 Å². The van der Waals surface area contributed by atoms with E-state index in [4.69, 9.17) is 9.73 Å². The summed E-state index contributed by atoms with van der Waals surface area (Å²) in [6, 6.07) is 4.03. The van der Waals surface area contributed by atoms with Crippen LogP contribution in [0.25, 0.3) is 5.70 Å². The highest BCUT2D eigenvalue weighted by Gasteiger charge is 2.17. The van der Waals surface area contributed by atoms with Gasteiger partial charge >= 0.3 is 0 Å². The average molecular weight is 333 g/mol. The van der Waals surface area contributed by atoms with E-state index in [2.05, 4.69) is 23.8 Å². The number of nitrogens with zero attached hydrogens (tertiary/aromatic N) is 2. The van der Waals surface area contributed by atoms with Gasteiger partial charge < -0.3 is 10.1 Å². The number of aliphatic imine (C=N–C) groups is 2. The third-order valence-electron chi connectivity index (χ3n) is 3.42. The van der Waals surface area contributed by atoms with Crippen LogP contribution in [0.15, 0.2) is 40.0 Å². The number of methoxy groups -OCH3 is 1. The first-order chi connectivity index (χ1) is 10.8. The number of allylic oxidation sites excluding steroid dienone is 1. The lowest BCUT2D eigenvalue weighted by atomic mass is 9.96. The van der Waals surface area contributed by atoms with E-state index in [1.54, 1.807) is 20.5 Å². The summed E-state index contributed by atoms with van der Waals surface area (Å²) in [6.07, 6.45) is 1.65. The van der Waals surface area contributed by atoms with Crippen LogP contribution in [0.3, 0.4) is 0 Å². The summed E-state index contributed by atoms with van der Waals surface area (Å²) in [7, 11) is 3.40. The molecule has 0 radical (unpaired) electrons. The summed E-state index contributed by atoms with van der Waals surface area (Å²) in [4.78, 5) is 8.78. The third kappa shape index (κ3) is 5.05. The molecule has 0 fully saturated rings. The Kier molecular flexibility index (Phi) is 8.67. The van der Waals surface area contributed by atoms with Gasteiger partial charge in [0.2, 0.25) is 0 Å². The van der Waals surface area contributed by atoms with Crippen molar-refractivity contribution in [1.82, 2.24) is 5.32 Å². The van der Waals surface area contributed by atoms with E-state index in [0.717, 1.165) is 45.1 Å². The first-order valence-electron chi connectivity index (χ1n) is 7.57. The normalized spacial score (nSPS) is 11.5. The van der Waals surface area contributed by atoms with E-state index in [1.807, 2.05) is 39.8 Å². The molecule has 1 aromatic carbocycles. The summed E-state index contributed by atoms with van der Waals surface area (Å²) in [5.41, 5.74) is 6.82. The Morgan fingerprint density at radius 3 is 2.29 bits per heavy atom. The van der Waals surface area contributed by atoms with Crippen LogP contribution in [0.1, 0.15) is 37.5 Å². The van der Waals surface area contributed by atoms with Crippen LogP contribution in [0.5, 0.6) is 5.75 Å². The molecule has 0 saturated heterocycles. The second-order valence-corrected chi connectivity index (χ2v) is 5.68. The van der Waals surface area contributed by atoms with E-state index in [0.29, 0.717) is 0 Å². The SMILES string of the molecule is C=C(C)/C(NC=NC)=C(\N=C(C)C)c1c(C)ccc(OC)c1C.F. The molecule has 0 unspecified atom stereocenters. The Morgan fingerprint density at radius 1 is 1.21 bits per heavy atom. The molecule has 0 spiro atoms. The summed E-state index contributed by atoms with van der Waals surface area (Å²) in [6.45, 7) is 14.1. The highest BCUT2D eigenvalue weighted by atomic mass is 19.0. The fourth-order valence-corrected chi connectivity index (χ4v) is 2.40. The van der Waals surface area contributed by atoms with Crippen LogP contribution in [-0.2, 0) is 0 Å². The van der Waals surface area contributed by atoms with Crippen LogP contribution >= 0.6 is 0 Å². The Hall–Kier alpha value is -2.43. The van der Waals surface area contributed by atoms with Gasteiger partial charge in [-0.15, -0.1) is 0 Å². The van der Waals surface area contributed by atoms with E-state index in [9.17, 15) is 0 Å². The molecule has 0 heterocycles. The molecule has 24 heavy (non-hydrogen) atoms. The van der Waals surface area contributed by atoms with Crippen molar-refractivity contribution in [2.45, 2.75) is 34.6 Å². The molecule has 1 aromatic rings. The second kappa shape index (κ2) is 9.65. The van der Waals surface area contributed by atoms with Gasteiger partial charge in [0, 0.05) is 23.9 Å². The quantitative estimate of drug-likeness (QED) is 0.475. The first-order valence-corrected chi connectivity index (χ1v) is 7.57. The number of nitrogens with one attached hydrogen (secondary N) is 1. The van der Waals surface area contributed by atoms with E-state index < -0.39 is 0 Å². The molecule has 1 rings (SSSR count). The zero-order valence-corrected chi connectivity index (χ0v) is 15.7. The minimum Gasteiger partial charge on any atom is -0.496 e. The molecule has 0 aliphatic rings. The van der Waals surface area contributed by atoms with Crippen LogP contribution in [0.4, 0.5) is 4.70 Å². The van der Waals surface area contributed by atoms with Gasteiger partial charge in [-0.3, -0.25) is 14.7 Å². The van der Waals surface area contributed by atoms with Crippen LogP contribution in [0.2, 0.25) is 0 Å². The third-order valence-corrected chi connectivity index (χ3v) is 3.42. The maximum Gasteiger partial charge on any atom is 0.122 e. The molecule has 0 atom stereocenters. The van der Waals surface area contributed by atoms with Crippen molar-refractivity contribution in [1.29, 1.82) is 0 Å². The number of hydrogen-bond acceptors (Lipinski definition) is 3. The smallest absolute Gasteiger partial charge is 0.122 e. The lowest BCUT2D eigenvalue weighted by Crippen LogP contribution is -2.14. The molecular weight excluding hydrogens is 305 g/mol. The molecule has 5 heteroatoms. The molecule has 0 amide bonds. The summed E-state index contributed by atoms with van der Waals surface area (Å²) in [5.74, 6) is 0.845. The molecular formula is C19H28FN3O. The number of aryl methyl sites for hydroxylation is 1. The van der Waals surface area contributed by atoms with Crippen molar-refractivity contribution in [3.8, 4) is 5.75 Å². The predicted octanol–water partition coefficient (Wildman–Crippen LogP) is 4.44. The Labute approximate surface area is 144 Å². The first kappa shape index (κ1) is 21.6. The van der Waals surface area contributed by atoms with Crippen molar-refractivity contribution in [2.24, 2.45) is 9.98 Å². The largest absolute Gasteiger partial charge is 0.496 e. The second-order valence-electron chi connectivity index (χ2n) is 5.68. The molecule has 0 aromatic heterocycles. The molecule has 132 valence electrons. The van der Waals surface area contributed by atoms with Gasteiger partial charge in [-0.05, 0) is 51.8 Å². The number of halogens is 1. The Bertz CT molecular complexity index is 684. The zero-order valence-electron chi connectivity index (χ0n) is 15.7. The van der Waals surface area contributed by atoms with Gasteiger partial charge in [-0.25, -0.2) is 0 Å². The fourth-order valence-electron chi connectivity index (χ4n) is 2.40. The van der Waals surface area contributed by atoms with Crippen molar-refractivity contribution in [3.05, 3.63) is 46.7 Å². The maximum absolute atomic E-state index is 5.48. The number of rotatable bonds is 6. The van der Waals surface area contributed by atoms with Gasteiger partial charge in [0.05, 0.1) is 24.8 Å². The van der Waals surface area contributed by atoms with Crippen molar-refractivity contribution in [3.63, 3.8) is 0 Å². The maximum atomic E-state index is 5.48. The van der Waals surface area contributed by atoms with Crippen LogP contribution < -0.4 is 10.1 Å². The van der Waals surface area contributed by atoms with Gasteiger partial charge in [-0.2, -0.15) is 0 Å². The highest BCUT2D eigenvalue weighted by molar-refractivity contribution is 5.89. The fraction of sp³-hybridized carbons (Fsp3) is 0.368. The molecule has 0 saturated carbocycles. The van der Waals surface area contributed by atoms with E-state index in [1.165, 1.54) is 0 Å². The lowest BCUT2D eigenvalue weighted by Gasteiger charge is -2.18. The number of ether oxygens (including phenoxy) is 1. The van der Waals surface area contributed by atoms with E-state index >= 15 is 0 Å². The topological polar surface area (TPSA) is 46.0 Å². The number of hydrogen-bond donors (Lipinski definition) is 1. The predicted molar refractivity (Wildman–Crippen MR) is 103 cm³/mol. The number of benzene rings is 1. The standard InChI is InChI=1S/C19H27N3O.FH/c1-12(2)18(21-11-20-7)19(22-13(3)4)17-14(5)9-10-16(23-8)15(17)6;/h9-11H,1H2,2-8H3,(H,20,21);1H/b19-18+;. The monoisotopic (exact) mass is 333 g/mol. The molecule has 4 nitrogen and oxygen atoms in total. The Morgan fingerprint density at radius 2 is 1.83 bits per heavy atom.